The van der Waals surface area contributed by atoms with E-state index >= 15 is 0 Å². The van der Waals surface area contributed by atoms with Crippen LogP contribution in [-0.2, 0) is 61.5 Å². The van der Waals surface area contributed by atoms with E-state index in [9.17, 15) is 29.3 Å². The Morgan fingerprint density at radius 1 is 0.922 bits per heavy atom. The zero-order valence-corrected chi connectivity index (χ0v) is 31.4. The Balaban J connectivity index is 2.19. The number of furan rings is 1. The molecule has 0 saturated carbocycles. The van der Waals surface area contributed by atoms with Crippen molar-refractivity contribution < 1.29 is 70.8 Å². The van der Waals surface area contributed by atoms with Crippen LogP contribution < -0.4 is 0 Å². The molecule has 0 aromatic carbocycles. The fourth-order valence-electron chi connectivity index (χ4n) is 4.90. The lowest BCUT2D eigenvalue weighted by atomic mass is 9.97. The molecule has 0 bridgehead atoms. The van der Waals surface area contributed by atoms with Crippen LogP contribution in [-0.4, -0.2) is 99.5 Å². The maximum Gasteiger partial charge on any atom is 0.433 e. The monoisotopic (exact) mass is 741 g/mol. The molecule has 0 spiro atoms. The van der Waals surface area contributed by atoms with Crippen molar-refractivity contribution in [3.05, 3.63) is 45.9 Å². The van der Waals surface area contributed by atoms with Crippen molar-refractivity contribution in [2.45, 2.75) is 123 Å². The van der Waals surface area contributed by atoms with E-state index in [1.54, 1.807) is 13.0 Å². The Morgan fingerprint density at radius 2 is 1.53 bits per heavy atom. The summed E-state index contributed by atoms with van der Waals surface area (Å²) in [5.74, 6) is -3.15. The summed E-state index contributed by atoms with van der Waals surface area (Å²) in [6.07, 6.45) is -5.86. The Kier molecular flexibility index (Phi) is 14.1. The van der Waals surface area contributed by atoms with Crippen molar-refractivity contribution in [2.24, 2.45) is 0 Å². The topological polar surface area (TPSA) is 208 Å². The molecule has 3 heterocycles. The Bertz CT molecular complexity index is 1480. The highest BCUT2D eigenvalue weighted by atomic mass is 28.4. The van der Waals surface area contributed by atoms with Crippen LogP contribution in [0.25, 0.3) is 6.08 Å². The van der Waals surface area contributed by atoms with Crippen LogP contribution in [0.15, 0.2) is 34.5 Å². The molecule has 51 heavy (non-hydrogen) atoms. The molecule has 8 atom stereocenters. The highest BCUT2D eigenvalue weighted by Crippen LogP contribution is 2.41. The lowest BCUT2D eigenvalue weighted by Gasteiger charge is -2.47. The van der Waals surface area contributed by atoms with E-state index < -0.39 is 98.8 Å². The third-order valence-electron chi connectivity index (χ3n) is 8.15. The van der Waals surface area contributed by atoms with Crippen LogP contribution in [0.3, 0.4) is 0 Å². The Hall–Kier alpha value is -4.10. The predicted molar refractivity (Wildman–Crippen MR) is 178 cm³/mol. The molecule has 0 unspecified atom stereocenters. The normalized spacial score (nSPS) is 26.9. The van der Waals surface area contributed by atoms with Crippen molar-refractivity contribution in [3.63, 3.8) is 0 Å². The van der Waals surface area contributed by atoms with E-state index in [-0.39, 0.29) is 23.2 Å². The van der Waals surface area contributed by atoms with E-state index in [4.69, 9.17) is 46.7 Å². The van der Waals surface area contributed by atoms with Gasteiger partial charge >= 0.3 is 29.8 Å². The summed E-state index contributed by atoms with van der Waals surface area (Å²) in [6.45, 7) is 16.2. The molecule has 284 valence electrons. The van der Waals surface area contributed by atoms with Crippen LogP contribution in [0.1, 0.15) is 61.2 Å². The minimum atomic E-state index is -2.61. The Labute approximate surface area is 296 Å². The number of ether oxygens (including phenoxy) is 8. The van der Waals surface area contributed by atoms with Gasteiger partial charge in [-0.25, -0.2) is 0 Å². The van der Waals surface area contributed by atoms with E-state index in [2.05, 4.69) is 0 Å². The van der Waals surface area contributed by atoms with E-state index in [0.717, 1.165) is 27.7 Å². The number of hydrogen-bond acceptors (Lipinski definition) is 16. The summed E-state index contributed by atoms with van der Waals surface area (Å²) >= 11 is 0. The van der Waals surface area contributed by atoms with Crippen molar-refractivity contribution >= 4 is 44.2 Å². The fourth-order valence-corrected chi connectivity index (χ4v) is 5.98. The number of rotatable bonds is 14. The molecule has 1 fully saturated rings. The number of carbonyl (C=O) groups excluding carboxylic acids is 4. The van der Waals surface area contributed by atoms with Gasteiger partial charge in [-0.1, -0.05) is 20.8 Å². The lowest BCUT2D eigenvalue weighted by Crippen LogP contribution is -2.64. The maximum atomic E-state index is 12.5. The largest absolute Gasteiger partial charge is 0.545 e. The average molecular weight is 742 g/mol. The van der Waals surface area contributed by atoms with Gasteiger partial charge in [0.15, 0.2) is 30.9 Å². The molecule has 3 rings (SSSR count). The van der Waals surface area contributed by atoms with Gasteiger partial charge in [-0.2, -0.15) is 0 Å². The number of carbonyl (C=O) groups is 4. The van der Waals surface area contributed by atoms with Gasteiger partial charge in [-0.05, 0) is 43.3 Å². The van der Waals surface area contributed by atoms with Crippen molar-refractivity contribution in [3.8, 4) is 0 Å². The van der Waals surface area contributed by atoms with Crippen molar-refractivity contribution in [2.75, 3.05) is 13.2 Å². The summed E-state index contributed by atoms with van der Waals surface area (Å²) < 4.78 is 58.7. The number of nitro groups is 1. The molecule has 17 nitrogen and oxygen atoms in total. The third kappa shape index (κ3) is 11.4. The molecule has 0 aliphatic carbocycles. The molecule has 0 radical (unpaired) electrons. The summed E-state index contributed by atoms with van der Waals surface area (Å²) in [7, 11) is -2.61. The van der Waals surface area contributed by atoms with Crippen LogP contribution in [0.2, 0.25) is 18.1 Å². The first-order valence-electron chi connectivity index (χ1n) is 16.3. The van der Waals surface area contributed by atoms with Gasteiger partial charge < -0.3 is 46.7 Å². The standard InChI is InChI=1S/C33H47NO16Si/c1-11-41-27-16-24(50-51(9,10)33(6,7)8)28(23(47-27)14-12-22-13-15-26(46-22)34(39)40)49-32-31(45-21(5)38)30(44-20(4)37)29(43-19(3)36)25(48-32)17-42-18(2)35/h12-16,23,25,27-32H,11,17H2,1-10H3/b14-12-/t23-,25+,27-,28+,29+,30-,31+,32-/m0/s1. The van der Waals surface area contributed by atoms with Crippen molar-refractivity contribution in [1.82, 2.24) is 0 Å². The second-order valence-corrected chi connectivity index (χ2v) is 18.0. The zero-order valence-electron chi connectivity index (χ0n) is 30.4. The highest BCUT2D eigenvalue weighted by Gasteiger charge is 2.54. The minimum Gasteiger partial charge on any atom is -0.545 e. The van der Waals surface area contributed by atoms with Crippen LogP contribution in [0.5, 0.6) is 0 Å². The van der Waals surface area contributed by atoms with Crippen LogP contribution in [0.4, 0.5) is 5.88 Å². The number of esters is 4. The summed E-state index contributed by atoms with van der Waals surface area (Å²) in [5, 5.41) is 10.9. The van der Waals surface area contributed by atoms with Gasteiger partial charge in [-0.15, -0.1) is 0 Å². The van der Waals surface area contributed by atoms with Gasteiger partial charge in [-0.3, -0.25) is 29.3 Å². The molecular formula is C33H47NO16Si. The number of nitrogens with zero attached hydrogens (tertiary/aromatic N) is 1. The van der Waals surface area contributed by atoms with Gasteiger partial charge in [0, 0.05) is 40.4 Å². The Morgan fingerprint density at radius 3 is 2.06 bits per heavy atom. The summed E-state index contributed by atoms with van der Waals surface area (Å²) in [5.41, 5.74) is 0. The second-order valence-electron chi connectivity index (χ2n) is 13.3. The van der Waals surface area contributed by atoms with E-state index in [0.29, 0.717) is 0 Å². The molecule has 0 N–H and O–H groups in total. The highest BCUT2D eigenvalue weighted by molar-refractivity contribution is 6.74. The lowest BCUT2D eigenvalue weighted by molar-refractivity contribution is -0.402. The minimum absolute atomic E-state index is 0.130. The van der Waals surface area contributed by atoms with Crippen molar-refractivity contribution in [1.29, 1.82) is 0 Å². The van der Waals surface area contributed by atoms with Gasteiger partial charge in [0.05, 0.1) is 6.07 Å². The molecule has 1 aromatic rings. The fraction of sp³-hybridized carbons (Fsp3) is 0.636. The quantitative estimate of drug-likeness (QED) is 0.0854. The van der Waals surface area contributed by atoms with Gasteiger partial charge in [0.25, 0.3) is 0 Å². The molecular weight excluding hydrogens is 694 g/mol. The first kappa shape index (κ1) is 41.3. The SMILES string of the molecule is CCO[C@@H]1C=C(O[Si](C)(C)C(C)(C)C)[C@H](O[C@@H]2O[C@H](COC(C)=O)[C@@H](OC(C)=O)[C@H](OC(C)=O)[C@H]2OC(C)=O)[C@H](/C=C\c2ccc([N+](=O)[O-])o2)O1. The first-order chi connectivity index (χ1) is 23.7. The van der Waals surface area contributed by atoms with Gasteiger partial charge in [0.1, 0.15) is 41.4 Å². The molecule has 1 saturated heterocycles. The molecule has 18 heteroatoms. The average Bonchev–Trinajstić information content (AvgIpc) is 3.47. The van der Waals surface area contributed by atoms with E-state index in [1.165, 1.54) is 24.3 Å². The maximum absolute atomic E-state index is 12.5. The van der Waals surface area contributed by atoms with Crippen LogP contribution >= 0.6 is 0 Å². The summed E-state index contributed by atoms with van der Waals surface area (Å²) in [4.78, 5) is 59.4. The second kappa shape index (κ2) is 17.4. The third-order valence-corrected chi connectivity index (χ3v) is 12.5. The molecule has 2 aliphatic heterocycles. The molecule has 1 aromatic heterocycles. The smallest absolute Gasteiger partial charge is 0.433 e. The molecule has 2 aliphatic rings. The van der Waals surface area contributed by atoms with Crippen LogP contribution in [0, 0.1) is 10.1 Å². The summed E-state index contributed by atoms with van der Waals surface area (Å²) in [6, 6.07) is 2.59. The number of hydrogen-bond donors (Lipinski definition) is 0. The molecule has 0 amide bonds. The van der Waals surface area contributed by atoms with Gasteiger partial charge in [0.2, 0.25) is 8.32 Å². The predicted octanol–water partition coefficient (Wildman–Crippen LogP) is 4.34. The van der Waals surface area contributed by atoms with E-state index in [1.807, 2.05) is 33.9 Å². The zero-order chi connectivity index (χ0) is 38.3. The first-order valence-corrected chi connectivity index (χ1v) is 19.2.